The van der Waals surface area contributed by atoms with Gasteiger partial charge >= 0.3 is 0 Å². The van der Waals surface area contributed by atoms with E-state index in [4.69, 9.17) is 11.6 Å². The predicted octanol–water partition coefficient (Wildman–Crippen LogP) is 2.94. The van der Waals surface area contributed by atoms with Crippen LogP contribution in [0.15, 0.2) is 36.7 Å². The van der Waals surface area contributed by atoms with Crippen LogP contribution in [0.5, 0.6) is 0 Å². The van der Waals surface area contributed by atoms with Crippen LogP contribution in [0.3, 0.4) is 0 Å². The lowest BCUT2D eigenvalue weighted by Gasteiger charge is -2.33. The Balaban J connectivity index is 1.36. The van der Waals surface area contributed by atoms with Gasteiger partial charge in [0, 0.05) is 39.0 Å². The molecule has 4 rings (SSSR count). The molecule has 0 bridgehead atoms. The average Bonchev–Trinajstić information content (AvgIpc) is 3.36. The van der Waals surface area contributed by atoms with Crippen molar-refractivity contribution in [3.63, 3.8) is 0 Å². The lowest BCUT2D eigenvalue weighted by molar-refractivity contribution is 0.0986. The zero-order valence-corrected chi connectivity index (χ0v) is 17.2. The van der Waals surface area contributed by atoms with E-state index in [9.17, 15) is 4.79 Å². The monoisotopic (exact) mass is 416 g/mol. The standard InChI is InChI=1S/C19H21ClN6OS/c1-24-8-10-25(11-9-24)19-7-3-15(12-21-19)26-13-14(22-23-26)2-4-16(27)17-5-6-18(20)28-17/h3,5-7,12-13H,2,4,8-11H2,1H3. The van der Waals surface area contributed by atoms with Crippen LogP contribution >= 0.6 is 22.9 Å². The molecule has 1 aliphatic heterocycles. The third kappa shape index (κ3) is 4.40. The number of rotatable bonds is 6. The minimum absolute atomic E-state index is 0.0737. The van der Waals surface area contributed by atoms with Crippen molar-refractivity contribution in [1.29, 1.82) is 0 Å². The largest absolute Gasteiger partial charge is 0.354 e. The van der Waals surface area contributed by atoms with Crippen LogP contribution in [0.2, 0.25) is 4.34 Å². The summed E-state index contributed by atoms with van der Waals surface area (Å²) in [5.41, 5.74) is 1.63. The molecule has 28 heavy (non-hydrogen) atoms. The molecule has 1 aliphatic rings. The summed E-state index contributed by atoms with van der Waals surface area (Å²) in [4.78, 5) is 22.1. The molecular formula is C19H21ClN6OS. The number of anilines is 1. The van der Waals surface area contributed by atoms with Crippen LogP contribution in [-0.4, -0.2) is 63.9 Å². The summed E-state index contributed by atoms with van der Waals surface area (Å²) in [6, 6.07) is 7.53. The van der Waals surface area contributed by atoms with E-state index in [2.05, 4.69) is 32.1 Å². The first-order valence-electron chi connectivity index (χ1n) is 9.18. The number of pyridine rings is 1. The fraction of sp³-hybridized carbons (Fsp3) is 0.368. The van der Waals surface area contributed by atoms with E-state index in [0.717, 1.165) is 43.4 Å². The molecule has 0 unspecified atom stereocenters. The number of halogens is 1. The second kappa shape index (κ2) is 8.38. The second-order valence-electron chi connectivity index (χ2n) is 6.85. The molecule has 1 saturated heterocycles. The summed E-state index contributed by atoms with van der Waals surface area (Å²) >= 11 is 7.20. The molecule has 4 heterocycles. The van der Waals surface area contributed by atoms with Crippen LogP contribution in [-0.2, 0) is 6.42 Å². The Hall–Kier alpha value is -2.29. The molecule has 0 atom stereocenters. The summed E-state index contributed by atoms with van der Waals surface area (Å²) in [6.07, 6.45) is 4.59. The summed E-state index contributed by atoms with van der Waals surface area (Å²) < 4.78 is 2.32. The molecule has 0 aromatic carbocycles. The summed E-state index contributed by atoms with van der Waals surface area (Å²) in [5.74, 6) is 1.06. The van der Waals surface area contributed by atoms with Gasteiger partial charge in [0.2, 0.25) is 0 Å². The number of carbonyl (C=O) groups excluding carboxylic acids is 1. The predicted molar refractivity (Wildman–Crippen MR) is 111 cm³/mol. The Labute approximate surface area is 172 Å². The number of piperazine rings is 1. The van der Waals surface area contributed by atoms with E-state index in [1.807, 2.05) is 24.5 Å². The second-order valence-corrected chi connectivity index (χ2v) is 8.56. The van der Waals surface area contributed by atoms with E-state index in [1.54, 1.807) is 16.8 Å². The zero-order valence-electron chi connectivity index (χ0n) is 15.6. The maximum absolute atomic E-state index is 12.2. The van der Waals surface area contributed by atoms with Crippen molar-refractivity contribution >= 4 is 34.5 Å². The highest BCUT2D eigenvalue weighted by Crippen LogP contribution is 2.23. The fourth-order valence-electron chi connectivity index (χ4n) is 3.10. The Bertz CT molecular complexity index is 946. The van der Waals surface area contributed by atoms with Crippen LogP contribution in [0.1, 0.15) is 21.8 Å². The van der Waals surface area contributed by atoms with Gasteiger partial charge in [-0.3, -0.25) is 4.79 Å². The third-order valence-electron chi connectivity index (χ3n) is 4.82. The molecule has 0 spiro atoms. The molecule has 146 valence electrons. The first kappa shape index (κ1) is 19.0. The molecule has 7 nitrogen and oxygen atoms in total. The highest BCUT2D eigenvalue weighted by Gasteiger charge is 2.15. The van der Waals surface area contributed by atoms with Gasteiger partial charge in [0.15, 0.2) is 5.78 Å². The molecule has 0 aliphatic carbocycles. The number of likely N-dealkylation sites (N-methyl/N-ethyl adjacent to an activating group) is 1. The van der Waals surface area contributed by atoms with E-state index >= 15 is 0 Å². The van der Waals surface area contributed by atoms with Gasteiger partial charge in [-0.25, -0.2) is 9.67 Å². The number of aromatic nitrogens is 4. The topological polar surface area (TPSA) is 67.2 Å². The van der Waals surface area contributed by atoms with Gasteiger partial charge in [-0.1, -0.05) is 16.8 Å². The number of ketones is 1. The van der Waals surface area contributed by atoms with E-state index in [1.165, 1.54) is 11.3 Å². The fourth-order valence-corrected chi connectivity index (χ4v) is 4.11. The number of thiophene rings is 1. The van der Waals surface area contributed by atoms with Crippen molar-refractivity contribution in [2.45, 2.75) is 12.8 Å². The van der Waals surface area contributed by atoms with Crippen molar-refractivity contribution in [2.75, 3.05) is 38.1 Å². The van der Waals surface area contributed by atoms with E-state index < -0.39 is 0 Å². The first-order chi connectivity index (χ1) is 13.6. The lowest BCUT2D eigenvalue weighted by atomic mass is 10.1. The summed E-state index contributed by atoms with van der Waals surface area (Å²) in [5, 5.41) is 8.35. The smallest absolute Gasteiger partial charge is 0.173 e. The minimum Gasteiger partial charge on any atom is -0.354 e. The molecule has 9 heteroatoms. The normalized spacial score (nSPS) is 15.1. The van der Waals surface area contributed by atoms with Crippen molar-refractivity contribution in [2.24, 2.45) is 0 Å². The maximum atomic E-state index is 12.2. The molecule has 3 aromatic heterocycles. The molecular weight excluding hydrogens is 396 g/mol. The third-order valence-corrected chi connectivity index (χ3v) is 6.09. The van der Waals surface area contributed by atoms with Gasteiger partial charge in [0.25, 0.3) is 0 Å². The van der Waals surface area contributed by atoms with Gasteiger partial charge in [-0.05, 0) is 31.3 Å². The number of Topliss-reactive ketones (excluding diaryl/α,β-unsaturated/α-hetero) is 1. The number of nitrogens with zero attached hydrogens (tertiary/aromatic N) is 6. The SMILES string of the molecule is CN1CCN(c2ccc(-n3cc(CCC(=O)c4ccc(Cl)s4)nn3)cn2)CC1. The Morgan fingerprint density at radius 2 is 2.00 bits per heavy atom. The van der Waals surface area contributed by atoms with E-state index in [-0.39, 0.29) is 5.78 Å². The van der Waals surface area contributed by atoms with E-state index in [0.29, 0.717) is 22.1 Å². The quantitative estimate of drug-likeness (QED) is 0.575. The van der Waals surface area contributed by atoms with Crippen molar-refractivity contribution in [3.8, 4) is 5.69 Å². The van der Waals surface area contributed by atoms with Gasteiger partial charge in [-0.15, -0.1) is 16.4 Å². The number of hydrogen-bond acceptors (Lipinski definition) is 7. The number of hydrogen-bond donors (Lipinski definition) is 0. The number of carbonyl (C=O) groups is 1. The minimum atomic E-state index is 0.0737. The van der Waals surface area contributed by atoms with Crippen LogP contribution in [0.25, 0.3) is 5.69 Å². The van der Waals surface area contributed by atoms with Crippen molar-refractivity contribution in [3.05, 3.63) is 51.6 Å². The summed E-state index contributed by atoms with van der Waals surface area (Å²) in [6.45, 7) is 4.07. The first-order valence-corrected chi connectivity index (χ1v) is 10.4. The summed E-state index contributed by atoms with van der Waals surface area (Å²) in [7, 11) is 2.14. The van der Waals surface area contributed by atoms with Crippen molar-refractivity contribution < 1.29 is 4.79 Å². The average molecular weight is 417 g/mol. The van der Waals surface area contributed by atoms with Crippen LogP contribution in [0.4, 0.5) is 5.82 Å². The van der Waals surface area contributed by atoms with Crippen LogP contribution in [0, 0.1) is 0 Å². The highest BCUT2D eigenvalue weighted by molar-refractivity contribution is 7.18. The molecule has 0 amide bonds. The van der Waals surface area contributed by atoms with Gasteiger partial charge < -0.3 is 9.80 Å². The molecule has 0 radical (unpaired) electrons. The Kier molecular flexibility index (Phi) is 5.70. The molecule has 3 aromatic rings. The lowest BCUT2D eigenvalue weighted by Crippen LogP contribution is -2.44. The number of aryl methyl sites for hydroxylation is 1. The molecule has 0 N–H and O–H groups in total. The van der Waals surface area contributed by atoms with Gasteiger partial charge in [0.1, 0.15) is 5.82 Å². The van der Waals surface area contributed by atoms with Gasteiger partial charge in [0.05, 0.1) is 33.0 Å². The Morgan fingerprint density at radius 3 is 2.68 bits per heavy atom. The van der Waals surface area contributed by atoms with Crippen LogP contribution < -0.4 is 4.90 Å². The maximum Gasteiger partial charge on any atom is 0.173 e. The highest BCUT2D eigenvalue weighted by atomic mass is 35.5. The molecule has 1 fully saturated rings. The zero-order chi connectivity index (χ0) is 19.5. The van der Waals surface area contributed by atoms with Gasteiger partial charge in [-0.2, -0.15) is 0 Å². The Morgan fingerprint density at radius 1 is 1.18 bits per heavy atom. The van der Waals surface area contributed by atoms with Crippen molar-refractivity contribution in [1.82, 2.24) is 24.9 Å². The molecule has 0 saturated carbocycles.